The first-order chi connectivity index (χ1) is 5.97. The fourth-order valence-electron chi connectivity index (χ4n) is 0.957. The Labute approximate surface area is 78.2 Å². The molecule has 0 aliphatic heterocycles. The van der Waals surface area contributed by atoms with Gasteiger partial charge in [-0.1, -0.05) is 6.07 Å². The van der Waals surface area contributed by atoms with E-state index in [1.54, 1.807) is 6.07 Å². The van der Waals surface area contributed by atoms with Crippen molar-refractivity contribution in [1.82, 2.24) is 10.3 Å². The molecule has 1 rings (SSSR count). The van der Waals surface area contributed by atoms with Gasteiger partial charge in [-0.2, -0.15) is 0 Å². The average Bonchev–Trinajstić information content (AvgIpc) is 2.00. The molecule has 0 spiro atoms. The molecule has 3 nitrogen and oxygen atoms in total. The van der Waals surface area contributed by atoms with E-state index < -0.39 is 0 Å². The van der Waals surface area contributed by atoms with Crippen molar-refractivity contribution in [2.75, 3.05) is 0 Å². The number of aromatic amines is 1. The second-order valence-corrected chi connectivity index (χ2v) is 4.14. The standard InChI is InChI=1S/C10H16N2O/c1-10(2,3)11-7-8-5-4-6-9(13)12-8/h4-6,11H,7H2,1-3H3,(H,12,13). The molecule has 1 aromatic heterocycles. The Kier molecular flexibility index (Phi) is 2.88. The molecule has 0 amide bonds. The fourth-order valence-corrected chi connectivity index (χ4v) is 0.957. The molecule has 1 aromatic rings. The van der Waals surface area contributed by atoms with Crippen LogP contribution in [0.1, 0.15) is 26.5 Å². The zero-order valence-electron chi connectivity index (χ0n) is 8.35. The Hall–Kier alpha value is -1.09. The van der Waals surface area contributed by atoms with E-state index in [1.807, 2.05) is 6.07 Å². The van der Waals surface area contributed by atoms with E-state index in [9.17, 15) is 4.79 Å². The summed E-state index contributed by atoms with van der Waals surface area (Å²) in [5.41, 5.74) is 0.947. The molecule has 0 saturated carbocycles. The lowest BCUT2D eigenvalue weighted by atomic mass is 10.1. The summed E-state index contributed by atoms with van der Waals surface area (Å²) in [6.07, 6.45) is 0. The van der Waals surface area contributed by atoms with Gasteiger partial charge in [0.25, 0.3) is 0 Å². The zero-order chi connectivity index (χ0) is 9.90. The summed E-state index contributed by atoms with van der Waals surface area (Å²) < 4.78 is 0. The number of aromatic nitrogens is 1. The van der Waals surface area contributed by atoms with Crippen molar-refractivity contribution < 1.29 is 0 Å². The van der Waals surface area contributed by atoms with Gasteiger partial charge in [0.05, 0.1) is 0 Å². The number of nitrogens with one attached hydrogen (secondary N) is 2. The van der Waals surface area contributed by atoms with Crippen LogP contribution in [-0.2, 0) is 6.54 Å². The van der Waals surface area contributed by atoms with Crippen LogP contribution in [-0.4, -0.2) is 10.5 Å². The lowest BCUT2D eigenvalue weighted by Crippen LogP contribution is -2.35. The summed E-state index contributed by atoms with van der Waals surface area (Å²) in [5, 5.41) is 3.30. The third-order valence-electron chi connectivity index (χ3n) is 1.64. The van der Waals surface area contributed by atoms with Crippen molar-refractivity contribution in [1.29, 1.82) is 0 Å². The van der Waals surface area contributed by atoms with E-state index in [0.29, 0.717) is 6.54 Å². The fraction of sp³-hybridized carbons (Fsp3) is 0.500. The minimum absolute atomic E-state index is 0.0480. The molecular weight excluding hydrogens is 164 g/mol. The quantitative estimate of drug-likeness (QED) is 0.719. The Morgan fingerprint density at radius 1 is 1.38 bits per heavy atom. The molecule has 3 heteroatoms. The van der Waals surface area contributed by atoms with Gasteiger partial charge in [0.2, 0.25) is 5.56 Å². The molecule has 1 heterocycles. The van der Waals surface area contributed by atoms with Crippen LogP contribution in [0.3, 0.4) is 0 Å². The first-order valence-electron chi connectivity index (χ1n) is 4.41. The molecule has 0 fully saturated rings. The highest BCUT2D eigenvalue weighted by molar-refractivity contribution is 5.03. The van der Waals surface area contributed by atoms with E-state index in [0.717, 1.165) is 5.69 Å². The maximum absolute atomic E-state index is 10.9. The second-order valence-electron chi connectivity index (χ2n) is 4.14. The molecule has 0 aliphatic carbocycles. The van der Waals surface area contributed by atoms with Crippen molar-refractivity contribution in [3.8, 4) is 0 Å². The Bertz CT molecular complexity index is 322. The minimum atomic E-state index is -0.0480. The van der Waals surface area contributed by atoms with E-state index in [2.05, 4.69) is 31.1 Å². The molecule has 2 N–H and O–H groups in total. The molecule has 0 unspecified atom stereocenters. The van der Waals surface area contributed by atoms with Crippen LogP contribution in [0, 0.1) is 0 Å². The molecule has 0 aromatic carbocycles. The Morgan fingerprint density at radius 3 is 2.62 bits per heavy atom. The number of H-pyrrole nitrogens is 1. The van der Waals surface area contributed by atoms with Crippen LogP contribution in [0.15, 0.2) is 23.0 Å². The number of hydrogen-bond donors (Lipinski definition) is 2. The zero-order valence-corrected chi connectivity index (χ0v) is 8.35. The van der Waals surface area contributed by atoms with Gasteiger partial charge in [-0.15, -0.1) is 0 Å². The van der Waals surface area contributed by atoms with Gasteiger partial charge in [0.15, 0.2) is 0 Å². The molecule has 0 bridgehead atoms. The molecule has 0 saturated heterocycles. The highest BCUT2D eigenvalue weighted by atomic mass is 16.1. The maximum atomic E-state index is 10.9. The van der Waals surface area contributed by atoms with Crippen molar-refractivity contribution in [3.05, 3.63) is 34.2 Å². The Balaban J connectivity index is 2.60. The van der Waals surface area contributed by atoms with Gasteiger partial charge in [-0.05, 0) is 26.8 Å². The second kappa shape index (κ2) is 3.75. The van der Waals surface area contributed by atoms with Crippen molar-refractivity contribution in [2.45, 2.75) is 32.9 Å². The third-order valence-corrected chi connectivity index (χ3v) is 1.64. The summed E-state index contributed by atoms with van der Waals surface area (Å²) in [4.78, 5) is 13.7. The summed E-state index contributed by atoms with van der Waals surface area (Å²) in [7, 11) is 0. The smallest absolute Gasteiger partial charge is 0.248 e. The van der Waals surface area contributed by atoms with Crippen LogP contribution >= 0.6 is 0 Å². The van der Waals surface area contributed by atoms with Gasteiger partial charge >= 0.3 is 0 Å². The van der Waals surface area contributed by atoms with E-state index >= 15 is 0 Å². The SMILES string of the molecule is CC(C)(C)NCc1cccc(=O)[nH]1. The minimum Gasteiger partial charge on any atom is -0.325 e. The van der Waals surface area contributed by atoms with Crippen molar-refractivity contribution in [3.63, 3.8) is 0 Å². The molecule has 0 radical (unpaired) electrons. The van der Waals surface area contributed by atoms with Gasteiger partial charge in [-0.3, -0.25) is 4.79 Å². The van der Waals surface area contributed by atoms with E-state index in [-0.39, 0.29) is 11.1 Å². The Morgan fingerprint density at radius 2 is 2.08 bits per heavy atom. The predicted octanol–water partition coefficient (Wildman–Crippen LogP) is 1.26. The monoisotopic (exact) mass is 180 g/mol. The summed E-state index contributed by atoms with van der Waals surface area (Å²) in [5.74, 6) is 0. The number of pyridine rings is 1. The molecular formula is C10H16N2O. The van der Waals surface area contributed by atoms with Crippen LogP contribution < -0.4 is 10.9 Å². The maximum Gasteiger partial charge on any atom is 0.248 e. The molecule has 0 atom stereocenters. The topological polar surface area (TPSA) is 44.9 Å². The molecule has 0 aliphatic rings. The average molecular weight is 180 g/mol. The van der Waals surface area contributed by atoms with Crippen LogP contribution in [0.25, 0.3) is 0 Å². The van der Waals surface area contributed by atoms with Gasteiger partial charge in [-0.25, -0.2) is 0 Å². The van der Waals surface area contributed by atoms with Gasteiger partial charge in [0, 0.05) is 23.8 Å². The summed E-state index contributed by atoms with van der Waals surface area (Å²) in [6, 6.07) is 5.18. The van der Waals surface area contributed by atoms with Crippen LogP contribution in [0.4, 0.5) is 0 Å². The van der Waals surface area contributed by atoms with E-state index in [1.165, 1.54) is 6.07 Å². The predicted molar refractivity (Wildman–Crippen MR) is 53.7 cm³/mol. The highest BCUT2D eigenvalue weighted by Crippen LogP contribution is 2.00. The lowest BCUT2D eigenvalue weighted by molar-refractivity contribution is 0.421. The van der Waals surface area contributed by atoms with Gasteiger partial charge < -0.3 is 10.3 Å². The van der Waals surface area contributed by atoms with E-state index in [4.69, 9.17) is 0 Å². The third kappa shape index (κ3) is 3.90. The normalized spacial score (nSPS) is 11.6. The van der Waals surface area contributed by atoms with Crippen LogP contribution in [0.2, 0.25) is 0 Å². The first-order valence-corrected chi connectivity index (χ1v) is 4.41. The largest absolute Gasteiger partial charge is 0.325 e. The van der Waals surface area contributed by atoms with Gasteiger partial charge in [0.1, 0.15) is 0 Å². The highest BCUT2D eigenvalue weighted by Gasteiger charge is 2.07. The van der Waals surface area contributed by atoms with Crippen molar-refractivity contribution in [2.24, 2.45) is 0 Å². The summed E-state index contributed by atoms with van der Waals surface area (Å²) in [6.45, 7) is 6.97. The lowest BCUT2D eigenvalue weighted by Gasteiger charge is -2.20. The van der Waals surface area contributed by atoms with Crippen molar-refractivity contribution >= 4 is 0 Å². The number of hydrogen-bond acceptors (Lipinski definition) is 2. The first kappa shape index (κ1) is 9.99. The summed E-state index contributed by atoms with van der Waals surface area (Å²) >= 11 is 0. The number of rotatable bonds is 2. The molecule has 13 heavy (non-hydrogen) atoms. The van der Waals surface area contributed by atoms with Crippen LogP contribution in [0.5, 0.6) is 0 Å². The molecule has 72 valence electrons.